The van der Waals surface area contributed by atoms with Crippen LogP contribution in [0.4, 0.5) is 11.4 Å². The van der Waals surface area contributed by atoms with Crippen molar-refractivity contribution >= 4 is 38.1 Å². The number of benzene rings is 3. The molecule has 1 N–H and O–H groups in total. The Morgan fingerprint density at radius 1 is 1.00 bits per heavy atom. The maximum Gasteiger partial charge on any atom is 0.264 e. The average Bonchev–Trinajstić information content (AvgIpc) is 2.66. The maximum absolute atomic E-state index is 13.0. The molecular formula is C19H16N2O4S. The molecule has 0 aromatic heterocycles. The third-order valence-corrected chi connectivity index (χ3v) is 6.12. The number of anilines is 2. The zero-order valence-electron chi connectivity index (χ0n) is 14.0. The second kappa shape index (κ2) is 6.03. The molecule has 0 unspecified atom stereocenters. The van der Waals surface area contributed by atoms with Gasteiger partial charge >= 0.3 is 0 Å². The SMILES string of the molecule is CN(c1ccc2ccccc2c1)S(=O)(=O)c1ccc2c(c1)NC(=O)CO2. The number of sulfonamides is 1. The molecule has 26 heavy (non-hydrogen) atoms. The molecule has 1 amide bonds. The average molecular weight is 368 g/mol. The Bertz CT molecular complexity index is 1130. The van der Waals surface area contributed by atoms with Crippen LogP contribution >= 0.6 is 0 Å². The molecule has 1 aliphatic heterocycles. The minimum atomic E-state index is -3.79. The van der Waals surface area contributed by atoms with Crippen LogP contribution in [0.1, 0.15) is 0 Å². The minimum Gasteiger partial charge on any atom is -0.482 e. The topological polar surface area (TPSA) is 75.7 Å². The molecule has 1 aliphatic rings. The van der Waals surface area contributed by atoms with E-state index in [1.165, 1.54) is 23.5 Å². The second-order valence-electron chi connectivity index (χ2n) is 6.00. The Morgan fingerprint density at radius 2 is 1.77 bits per heavy atom. The molecule has 3 aromatic rings. The summed E-state index contributed by atoms with van der Waals surface area (Å²) in [5.41, 5.74) is 0.913. The van der Waals surface area contributed by atoms with Crippen LogP contribution < -0.4 is 14.4 Å². The van der Waals surface area contributed by atoms with Crippen LogP contribution in [0.5, 0.6) is 5.75 Å². The van der Waals surface area contributed by atoms with Gasteiger partial charge in [-0.1, -0.05) is 30.3 Å². The van der Waals surface area contributed by atoms with Crippen LogP contribution in [-0.4, -0.2) is 28.0 Å². The summed E-state index contributed by atoms with van der Waals surface area (Å²) in [5.74, 6) is 0.145. The Hall–Kier alpha value is -3.06. The molecule has 0 fully saturated rings. The van der Waals surface area contributed by atoms with Gasteiger partial charge in [0.1, 0.15) is 5.75 Å². The molecule has 132 valence electrons. The van der Waals surface area contributed by atoms with Gasteiger partial charge in [0, 0.05) is 7.05 Å². The summed E-state index contributed by atoms with van der Waals surface area (Å²) < 4.78 is 32.5. The first-order valence-corrected chi connectivity index (χ1v) is 9.43. The summed E-state index contributed by atoms with van der Waals surface area (Å²) in [6.45, 7) is -0.0733. The monoisotopic (exact) mass is 368 g/mol. The molecular weight excluding hydrogens is 352 g/mol. The Balaban J connectivity index is 1.73. The molecule has 0 saturated carbocycles. The predicted molar refractivity (Wildman–Crippen MR) is 100 cm³/mol. The number of carbonyl (C=O) groups is 1. The van der Waals surface area contributed by atoms with Crippen LogP contribution in [0.15, 0.2) is 65.6 Å². The van der Waals surface area contributed by atoms with Crippen LogP contribution in [0.3, 0.4) is 0 Å². The highest BCUT2D eigenvalue weighted by atomic mass is 32.2. The third-order valence-electron chi connectivity index (χ3n) is 4.34. The van der Waals surface area contributed by atoms with Gasteiger partial charge in [-0.05, 0) is 41.1 Å². The molecule has 4 rings (SSSR count). The smallest absolute Gasteiger partial charge is 0.264 e. The lowest BCUT2D eigenvalue weighted by atomic mass is 10.1. The van der Waals surface area contributed by atoms with Gasteiger partial charge in [0.05, 0.1) is 16.3 Å². The summed E-state index contributed by atoms with van der Waals surface area (Å²) >= 11 is 0. The van der Waals surface area contributed by atoms with Gasteiger partial charge in [0.25, 0.3) is 15.9 Å². The summed E-state index contributed by atoms with van der Waals surface area (Å²) in [6.07, 6.45) is 0. The molecule has 0 saturated heterocycles. The van der Waals surface area contributed by atoms with E-state index in [-0.39, 0.29) is 17.4 Å². The highest BCUT2D eigenvalue weighted by molar-refractivity contribution is 7.92. The number of rotatable bonds is 3. The Labute approximate surface area is 151 Å². The lowest BCUT2D eigenvalue weighted by Gasteiger charge is -2.22. The van der Waals surface area contributed by atoms with E-state index in [1.807, 2.05) is 36.4 Å². The quantitative estimate of drug-likeness (QED) is 0.771. The predicted octanol–water partition coefficient (Wildman–Crippen LogP) is 3.00. The van der Waals surface area contributed by atoms with Crippen LogP contribution in [0.2, 0.25) is 0 Å². The highest BCUT2D eigenvalue weighted by Gasteiger charge is 2.25. The number of nitrogens with zero attached hydrogens (tertiary/aromatic N) is 1. The number of fused-ring (bicyclic) bond motifs is 2. The summed E-state index contributed by atoms with van der Waals surface area (Å²) in [6, 6.07) is 17.7. The number of amides is 1. The fourth-order valence-electron chi connectivity index (χ4n) is 2.89. The Kier molecular flexibility index (Phi) is 3.81. The van der Waals surface area contributed by atoms with Gasteiger partial charge in [0.2, 0.25) is 0 Å². The first-order chi connectivity index (χ1) is 12.4. The van der Waals surface area contributed by atoms with Gasteiger partial charge in [-0.2, -0.15) is 0 Å². The number of nitrogens with one attached hydrogen (secondary N) is 1. The van der Waals surface area contributed by atoms with Crippen molar-refractivity contribution in [2.75, 3.05) is 23.3 Å². The van der Waals surface area contributed by atoms with E-state index in [9.17, 15) is 13.2 Å². The van der Waals surface area contributed by atoms with Crippen LogP contribution in [0, 0.1) is 0 Å². The molecule has 3 aromatic carbocycles. The normalized spacial score (nSPS) is 13.7. The molecule has 0 radical (unpaired) electrons. The second-order valence-corrected chi connectivity index (χ2v) is 7.97. The standard InChI is InChI=1S/C19H16N2O4S/c1-21(15-7-6-13-4-2-3-5-14(13)10-15)26(23,24)16-8-9-18-17(11-16)20-19(22)12-25-18/h2-11H,12H2,1H3,(H,20,22). The van der Waals surface area contributed by atoms with E-state index in [4.69, 9.17) is 4.74 Å². The van der Waals surface area contributed by atoms with Crippen molar-refractivity contribution in [3.05, 3.63) is 60.7 Å². The van der Waals surface area contributed by atoms with Gasteiger partial charge in [-0.3, -0.25) is 9.10 Å². The summed E-state index contributed by atoms with van der Waals surface area (Å²) in [7, 11) is -2.28. The van der Waals surface area contributed by atoms with Crippen molar-refractivity contribution in [2.24, 2.45) is 0 Å². The van der Waals surface area contributed by atoms with E-state index in [0.29, 0.717) is 17.1 Å². The summed E-state index contributed by atoms with van der Waals surface area (Å²) in [4.78, 5) is 11.6. The molecule has 0 aliphatic carbocycles. The maximum atomic E-state index is 13.0. The van der Waals surface area contributed by atoms with Gasteiger partial charge in [-0.25, -0.2) is 8.42 Å². The third kappa shape index (κ3) is 2.76. The van der Waals surface area contributed by atoms with Crippen LogP contribution in [0.25, 0.3) is 10.8 Å². The number of hydrogen-bond acceptors (Lipinski definition) is 4. The molecule has 0 atom stereocenters. The zero-order valence-corrected chi connectivity index (χ0v) is 14.8. The van der Waals surface area contributed by atoms with E-state index in [1.54, 1.807) is 12.1 Å². The first-order valence-electron chi connectivity index (χ1n) is 7.99. The minimum absolute atomic E-state index is 0.0733. The van der Waals surface area contributed by atoms with E-state index in [0.717, 1.165) is 10.8 Å². The van der Waals surface area contributed by atoms with Crippen molar-refractivity contribution in [3.8, 4) is 5.75 Å². The fourth-order valence-corrected chi connectivity index (χ4v) is 4.11. The number of carbonyl (C=O) groups excluding carboxylic acids is 1. The van der Waals surface area contributed by atoms with E-state index < -0.39 is 10.0 Å². The fraction of sp³-hybridized carbons (Fsp3) is 0.105. The number of ether oxygens (including phenoxy) is 1. The van der Waals surface area contributed by atoms with E-state index in [2.05, 4.69) is 5.32 Å². The summed E-state index contributed by atoms with van der Waals surface area (Å²) in [5, 5.41) is 4.62. The van der Waals surface area contributed by atoms with Crippen molar-refractivity contribution in [1.82, 2.24) is 0 Å². The van der Waals surface area contributed by atoms with Gasteiger partial charge in [0.15, 0.2) is 6.61 Å². The Morgan fingerprint density at radius 3 is 2.58 bits per heavy atom. The molecule has 0 spiro atoms. The van der Waals surface area contributed by atoms with E-state index >= 15 is 0 Å². The van der Waals surface area contributed by atoms with Crippen LogP contribution in [-0.2, 0) is 14.8 Å². The van der Waals surface area contributed by atoms with Crippen molar-refractivity contribution in [2.45, 2.75) is 4.90 Å². The van der Waals surface area contributed by atoms with Gasteiger partial charge in [-0.15, -0.1) is 0 Å². The van der Waals surface area contributed by atoms with Crippen molar-refractivity contribution in [3.63, 3.8) is 0 Å². The highest BCUT2D eigenvalue weighted by Crippen LogP contribution is 2.32. The molecule has 0 bridgehead atoms. The molecule has 1 heterocycles. The van der Waals surface area contributed by atoms with Crippen molar-refractivity contribution in [1.29, 1.82) is 0 Å². The first kappa shape index (κ1) is 16.4. The largest absolute Gasteiger partial charge is 0.482 e. The lowest BCUT2D eigenvalue weighted by Crippen LogP contribution is -2.28. The molecule has 7 heteroatoms. The number of hydrogen-bond donors (Lipinski definition) is 1. The van der Waals surface area contributed by atoms with Crippen molar-refractivity contribution < 1.29 is 17.9 Å². The lowest BCUT2D eigenvalue weighted by molar-refractivity contribution is -0.118. The van der Waals surface area contributed by atoms with Gasteiger partial charge < -0.3 is 10.1 Å². The zero-order chi connectivity index (χ0) is 18.3. The molecule has 6 nitrogen and oxygen atoms in total.